The van der Waals surface area contributed by atoms with Gasteiger partial charge in [0.2, 0.25) is 5.95 Å². The van der Waals surface area contributed by atoms with E-state index < -0.39 is 0 Å². The van der Waals surface area contributed by atoms with Crippen molar-refractivity contribution in [2.75, 3.05) is 17.2 Å². The second kappa shape index (κ2) is 8.24. The molecule has 128 valence electrons. The molecule has 5 heteroatoms. The Kier molecular flexibility index (Phi) is 5.57. The number of nitrogens with one attached hydrogen (secondary N) is 2. The zero-order valence-electron chi connectivity index (χ0n) is 14.2. The van der Waals surface area contributed by atoms with Crippen molar-refractivity contribution in [1.82, 2.24) is 9.97 Å². The van der Waals surface area contributed by atoms with Gasteiger partial charge >= 0.3 is 0 Å². The van der Waals surface area contributed by atoms with E-state index in [1.54, 1.807) is 12.1 Å². The zero-order valence-corrected chi connectivity index (χ0v) is 14.2. The van der Waals surface area contributed by atoms with Crippen molar-refractivity contribution in [3.05, 3.63) is 72.0 Å². The molecule has 0 fully saturated rings. The van der Waals surface area contributed by atoms with E-state index in [-0.39, 0.29) is 5.82 Å². The van der Waals surface area contributed by atoms with Crippen LogP contribution in [-0.4, -0.2) is 16.5 Å². The van der Waals surface area contributed by atoms with Crippen molar-refractivity contribution in [2.45, 2.75) is 19.9 Å². The molecule has 25 heavy (non-hydrogen) atoms. The lowest BCUT2D eigenvalue weighted by Crippen LogP contribution is -2.09. The minimum atomic E-state index is -0.225. The van der Waals surface area contributed by atoms with Gasteiger partial charge in [-0.05, 0) is 12.5 Å². The number of rotatable bonds is 7. The zero-order chi connectivity index (χ0) is 17.5. The topological polar surface area (TPSA) is 49.8 Å². The number of hydrogen-bond acceptors (Lipinski definition) is 4. The molecule has 2 aromatic carbocycles. The highest BCUT2D eigenvalue weighted by molar-refractivity contribution is 5.64. The van der Waals surface area contributed by atoms with Gasteiger partial charge in [-0.15, -0.1) is 0 Å². The first-order valence-corrected chi connectivity index (χ1v) is 8.42. The first kappa shape index (κ1) is 16.9. The largest absolute Gasteiger partial charge is 0.366 e. The maximum absolute atomic E-state index is 13.8. The molecule has 0 atom stereocenters. The van der Waals surface area contributed by atoms with Gasteiger partial charge in [0.1, 0.15) is 11.6 Å². The van der Waals surface area contributed by atoms with Gasteiger partial charge in [0.05, 0.1) is 5.69 Å². The molecule has 0 aliphatic rings. The van der Waals surface area contributed by atoms with Crippen LogP contribution in [0.4, 0.5) is 16.2 Å². The monoisotopic (exact) mass is 336 g/mol. The predicted molar refractivity (Wildman–Crippen MR) is 100.0 cm³/mol. The van der Waals surface area contributed by atoms with E-state index in [1.807, 2.05) is 42.5 Å². The van der Waals surface area contributed by atoms with Crippen LogP contribution < -0.4 is 10.6 Å². The first-order valence-electron chi connectivity index (χ1n) is 8.42. The summed E-state index contributed by atoms with van der Waals surface area (Å²) in [6.07, 6.45) is 0.983. The molecule has 2 N–H and O–H groups in total. The summed E-state index contributed by atoms with van der Waals surface area (Å²) >= 11 is 0. The second-order valence-electron chi connectivity index (χ2n) is 5.70. The number of aromatic nitrogens is 2. The Labute approximate surface area is 147 Å². The molecule has 3 rings (SSSR count). The average molecular weight is 336 g/mol. The van der Waals surface area contributed by atoms with Crippen molar-refractivity contribution >= 4 is 11.8 Å². The van der Waals surface area contributed by atoms with Gasteiger partial charge in [-0.1, -0.05) is 55.5 Å². The number of halogens is 1. The van der Waals surface area contributed by atoms with E-state index in [9.17, 15) is 4.39 Å². The third-order valence-electron chi connectivity index (χ3n) is 3.75. The van der Waals surface area contributed by atoms with Gasteiger partial charge in [-0.25, -0.2) is 9.37 Å². The quantitative estimate of drug-likeness (QED) is 0.656. The van der Waals surface area contributed by atoms with Crippen molar-refractivity contribution in [3.63, 3.8) is 0 Å². The summed E-state index contributed by atoms with van der Waals surface area (Å²) in [5, 5.41) is 6.42. The molecule has 0 bridgehead atoms. The molecule has 4 nitrogen and oxygen atoms in total. The Hall–Kier alpha value is -2.95. The molecule has 3 aromatic rings. The van der Waals surface area contributed by atoms with Gasteiger partial charge in [-0.2, -0.15) is 4.98 Å². The summed E-state index contributed by atoms with van der Waals surface area (Å²) in [4.78, 5) is 9.06. The van der Waals surface area contributed by atoms with Crippen molar-refractivity contribution in [3.8, 4) is 11.3 Å². The van der Waals surface area contributed by atoms with Crippen molar-refractivity contribution in [2.24, 2.45) is 0 Å². The molecule has 1 heterocycles. The smallest absolute Gasteiger partial charge is 0.225 e. The van der Waals surface area contributed by atoms with Crippen LogP contribution in [0.2, 0.25) is 0 Å². The maximum atomic E-state index is 13.8. The fraction of sp³-hybridized carbons (Fsp3) is 0.200. The van der Waals surface area contributed by atoms with Crippen LogP contribution in [0, 0.1) is 5.82 Å². The van der Waals surface area contributed by atoms with Gasteiger partial charge < -0.3 is 10.6 Å². The molecular formula is C20H21FN4. The van der Waals surface area contributed by atoms with E-state index in [0.717, 1.165) is 24.2 Å². The van der Waals surface area contributed by atoms with Crippen molar-refractivity contribution in [1.29, 1.82) is 0 Å². The number of hydrogen-bond donors (Lipinski definition) is 2. The molecule has 0 unspecified atom stereocenters. The molecule has 0 spiro atoms. The minimum Gasteiger partial charge on any atom is -0.366 e. The molecule has 0 aliphatic heterocycles. The Morgan fingerprint density at radius 3 is 2.44 bits per heavy atom. The highest BCUT2D eigenvalue weighted by Crippen LogP contribution is 2.22. The summed E-state index contributed by atoms with van der Waals surface area (Å²) in [6, 6.07) is 18.5. The number of nitrogens with zero attached hydrogens (tertiary/aromatic N) is 2. The second-order valence-corrected chi connectivity index (χ2v) is 5.70. The fourth-order valence-corrected chi connectivity index (χ4v) is 2.44. The summed E-state index contributed by atoms with van der Waals surface area (Å²) < 4.78 is 13.8. The molecule has 0 saturated heterocycles. The van der Waals surface area contributed by atoms with Crippen LogP contribution in [0.3, 0.4) is 0 Å². The van der Waals surface area contributed by atoms with E-state index >= 15 is 0 Å². The normalized spacial score (nSPS) is 10.5. The third kappa shape index (κ3) is 4.53. The fourth-order valence-electron chi connectivity index (χ4n) is 2.44. The Balaban J connectivity index is 1.85. The van der Waals surface area contributed by atoms with E-state index in [0.29, 0.717) is 23.9 Å². The van der Waals surface area contributed by atoms with Crippen LogP contribution >= 0.6 is 0 Å². The van der Waals surface area contributed by atoms with Crippen LogP contribution in [0.1, 0.15) is 18.9 Å². The van der Waals surface area contributed by atoms with Gasteiger partial charge in [0, 0.05) is 30.3 Å². The highest BCUT2D eigenvalue weighted by Gasteiger charge is 2.07. The molecular weight excluding hydrogens is 315 g/mol. The standard InChI is InChI=1S/C20H21FN4/c1-2-12-22-20-24-18(15-8-4-3-5-9-15)13-19(25-20)23-14-16-10-6-7-11-17(16)21/h3-11,13H,2,12,14H2,1H3,(H2,22,23,24,25). The summed E-state index contributed by atoms with van der Waals surface area (Å²) in [7, 11) is 0. The minimum absolute atomic E-state index is 0.225. The molecule has 1 aromatic heterocycles. The van der Waals surface area contributed by atoms with Gasteiger partial charge in [0.15, 0.2) is 0 Å². The molecule has 0 amide bonds. The first-order chi connectivity index (χ1) is 12.3. The summed E-state index contributed by atoms with van der Waals surface area (Å²) in [6.45, 7) is 3.25. The highest BCUT2D eigenvalue weighted by atomic mass is 19.1. The molecule has 0 saturated carbocycles. The SMILES string of the molecule is CCCNc1nc(NCc2ccccc2F)cc(-c2ccccc2)n1. The molecule has 0 aliphatic carbocycles. The van der Waals surface area contributed by atoms with E-state index in [4.69, 9.17) is 0 Å². The Morgan fingerprint density at radius 1 is 0.920 bits per heavy atom. The van der Waals surface area contributed by atoms with E-state index in [2.05, 4.69) is 27.5 Å². The molecule has 0 radical (unpaired) electrons. The van der Waals surface area contributed by atoms with Gasteiger partial charge in [0.25, 0.3) is 0 Å². The maximum Gasteiger partial charge on any atom is 0.225 e. The number of benzene rings is 2. The van der Waals surface area contributed by atoms with Crippen LogP contribution in [-0.2, 0) is 6.54 Å². The lowest BCUT2D eigenvalue weighted by molar-refractivity contribution is 0.613. The summed E-state index contributed by atoms with van der Waals surface area (Å²) in [5.41, 5.74) is 2.44. The van der Waals surface area contributed by atoms with Gasteiger partial charge in [-0.3, -0.25) is 0 Å². The lowest BCUT2D eigenvalue weighted by atomic mass is 10.1. The van der Waals surface area contributed by atoms with Crippen LogP contribution in [0.5, 0.6) is 0 Å². The Bertz CT molecular complexity index is 821. The third-order valence-corrected chi connectivity index (χ3v) is 3.75. The lowest BCUT2D eigenvalue weighted by Gasteiger charge is -2.11. The predicted octanol–water partition coefficient (Wildman–Crippen LogP) is 4.72. The van der Waals surface area contributed by atoms with Crippen molar-refractivity contribution < 1.29 is 4.39 Å². The van der Waals surface area contributed by atoms with Crippen LogP contribution in [0.25, 0.3) is 11.3 Å². The number of anilines is 2. The van der Waals surface area contributed by atoms with E-state index in [1.165, 1.54) is 6.07 Å². The summed E-state index contributed by atoms with van der Waals surface area (Å²) in [5.74, 6) is 1.01. The average Bonchev–Trinajstić information content (AvgIpc) is 2.66. The Morgan fingerprint density at radius 2 is 1.68 bits per heavy atom. The van der Waals surface area contributed by atoms with Crippen LogP contribution in [0.15, 0.2) is 60.7 Å².